The summed E-state index contributed by atoms with van der Waals surface area (Å²) in [5.74, 6) is 0.0251. The van der Waals surface area contributed by atoms with E-state index in [0.717, 1.165) is 22.8 Å². The molecule has 120 valence electrons. The maximum absolute atomic E-state index is 12.4. The molecular formula is C18H20N2OS2. The van der Waals surface area contributed by atoms with E-state index in [1.165, 1.54) is 4.90 Å². The number of carbonyl (C=O) groups excluding carboxylic acids is 1. The number of thioether (sulfide) groups is 2. The summed E-state index contributed by atoms with van der Waals surface area (Å²) in [7, 11) is 0. The summed E-state index contributed by atoms with van der Waals surface area (Å²) in [6.07, 6.45) is 2.03. The van der Waals surface area contributed by atoms with Crippen molar-refractivity contribution in [1.29, 1.82) is 0 Å². The first-order valence-corrected chi connectivity index (χ1v) is 9.70. The Labute approximate surface area is 145 Å². The quantitative estimate of drug-likeness (QED) is 0.836. The molecule has 1 heterocycles. The highest BCUT2D eigenvalue weighted by Gasteiger charge is 2.23. The minimum Gasteiger partial charge on any atom is -0.360 e. The van der Waals surface area contributed by atoms with Gasteiger partial charge in [0.1, 0.15) is 0 Å². The molecule has 0 aromatic heterocycles. The third kappa shape index (κ3) is 4.03. The van der Waals surface area contributed by atoms with Gasteiger partial charge in [0.25, 0.3) is 0 Å². The molecular weight excluding hydrogens is 324 g/mol. The van der Waals surface area contributed by atoms with Crippen LogP contribution in [0, 0.1) is 0 Å². The van der Waals surface area contributed by atoms with Gasteiger partial charge in [-0.25, -0.2) is 0 Å². The molecule has 0 fully saturated rings. The van der Waals surface area contributed by atoms with Crippen molar-refractivity contribution in [1.82, 2.24) is 0 Å². The fraction of sp³-hybridized carbons (Fsp3) is 0.278. The summed E-state index contributed by atoms with van der Waals surface area (Å²) in [6, 6.07) is 16.2. The van der Waals surface area contributed by atoms with E-state index >= 15 is 0 Å². The lowest BCUT2D eigenvalue weighted by atomic mass is 10.2. The highest BCUT2D eigenvalue weighted by molar-refractivity contribution is 8.00. The predicted octanol–water partition coefficient (Wildman–Crippen LogP) is 4.35. The van der Waals surface area contributed by atoms with Crippen molar-refractivity contribution in [3.8, 4) is 0 Å². The number of hydrogen-bond donors (Lipinski definition) is 1. The summed E-state index contributed by atoms with van der Waals surface area (Å²) in [5, 5.41) is 3.49. The van der Waals surface area contributed by atoms with E-state index < -0.39 is 0 Å². The summed E-state index contributed by atoms with van der Waals surface area (Å²) in [4.78, 5) is 17.0. The van der Waals surface area contributed by atoms with Crippen LogP contribution in [-0.2, 0) is 4.79 Å². The monoisotopic (exact) mass is 344 g/mol. The Morgan fingerprint density at radius 1 is 1.30 bits per heavy atom. The average molecular weight is 345 g/mol. The van der Waals surface area contributed by atoms with E-state index in [2.05, 4.69) is 35.3 Å². The standard InChI is InChI=1S/C18H20N2OS2/c1-13-11-20(16-8-3-4-9-17(16)23-13)12-18(21)19-14-6-5-7-15(10-14)22-2/h3-10,13H,11-12H2,1-2H3,(H,19,21)/t13-/m0/s1. The van der Waals surface area contributed by atoms with Gasteiger partial charge >= 0.3 is 0 Å². The molecule has 3 nitrogen and oxygen atoms in total. The molecule has 0 saturated heterocycles. The fourth-order valence-electron chi connectivity index (χ4n) is 2.71. The number of amides is 1. The minimum atomic E-state index is 0.0251. The van der Waals surface area contributed by atoms with Gasteiger partial charge in [-0.3, -0.25) is 4.79 Å². The van der Waals surface area contributed by atoms with E-state index in [1.54, 1.807) is 11.8 Å². The number of hydrogen-bond acceptors (Lipinski definition) is 4. The van der Waals surface area contributed by atoms with Gasteiger partial charge in [0, 0.05) is 27.3 Å². The second-order valence-corrected chi connectivity index (χ2v) is 7.92. The number of nitrogens with one attached hydrogen (secondary N) is 1. The highest BCUT2D eigenvalue weighted by atomic mass is 32.2. The molecule has 1 N–H and O–H groups in total. The molecule has 1 aliphatic rings. The highest BCUT2D eigenvalue weighted by Crippen LogP contribution is 2.37. The maximum atomic E-state index is 12.4. The van der Waals surface area contributed by atoms with Gasteiger partial charge in [0.2, 0.25) is 5.91 Å². The average Bonchev–Trinajstić information content (AvgIpc) is 2.54. The van der Waals surface area contributed by atoms with Crippen molar-refractivity contribution >= 4 is 40.8 Å². The Morgan fingerprint density at radius 2 is 2.13 bits per heavy atom. The minimum absolute atomic E-state index is 0.0251. The Morgan fingerprint density at radius 3 is 2.96 bits per heavy atom. The van der Waals surface area contributed by atoms with E-state index in [1.807, 2.05) is 48.3 Å². The maximum Gasteiger partial charge on any atom is 0.243 e. The number of rotatable bonds is 4. The van der Waals surface area contributed by atoms with Crippen LogP contribution < -0.4 is 10.2 Å². The molecule has 0 spiro atoms. The van der Waals surface area contributed by atoms with Gasteiger partial charge in [-0.15, -0.1) is 23.5 Å². The number of carbonyl (C=O) groups is 1. The van der Waals surface area contributed by atoms with Crippen LogP contribution in [0.2, 0.25) is 0 Å². The lowest BCUT2D eigenvalue weighted by Gasteiger charge is -2.33. The molecule has 1 atom stereocenters. The lowest BCUT2D eigenvalue weighted by Crippen LogP contribution is -2.39. The predicted molar refractivity (Wildman–Crippen MR) is 101 cm³/mol. The molecule has 3 rings (SSSR count). The van der Waals surface area contributed by atoms with Crippen molar-refractivity contribution in [2.75, 3.05) is 29.6 Å². The summed E-state index contributed by atoms with van der Waals surface area (Å²) in [5.41, 5.74) is 2.01. The topological polar surface area (TPSA) is 32.3 Å². The Bertz CT molecular complexity index is 705. The van der Waals surface area contributed by atoms with Crippen LogP contribution in [0.15, 0.2) is 58.3 Å². The number of nitrogens with zero attached hydrogens (tertiary/aromatic N) is 1. The number of benzene rings is 2. The smallest absolute Gasteiger partial charge is 0.243 e. The Kier molecular flexibility index (Phi) is 5.18. The molecule has 0 bridgehead atoms. The van der Waals surface area contributed by atoms with E-state index in [4.69, 9.17) is 0 Å². The number of fused-ring (bicyclic) bond motifs is 1. The van der Waals surface area contributed by atoms with E-state index in [9.17, 15) is 4.79 Å². The molecule has 1 amide bonds. The number of para-hydroxylation sites is 1. The molecule has 2 aromatic carbocycles. The third-order valence-corrected chi connectivity index (χ3v) is 5.58. The van der Waals surface area contributed by atoms with Gasteiger partial charge in [-0.2, -0.15) is 0 Å². The van der Waals surface area contributed by atoms with Crippen LogP contribution in [0.1, 0.15) is 6.92 Å². The largest absolute Gasteiger partial charge is 0.360 e. The van der Waals surface area contributed by atoms with Crippen molar-refractivity contribution < 1.29 is 4.79 Å². The molecule has 1 aliphatic heterocycles. The molecule has 0 radical (unpaired) electrons. The normalized spacial score (nSPS) is 16.8. The SMILES string of the molecule is CSc1cccc(NC(=O)CN2C[C@H](C)Sc3ccccc32)c1. The Balaban J connectivity index is 1.70. The van der Waals surface area contributed by atoms with Crippen LogP contribution in [0.25, 0.3) is 0 Å². The van der Waals surface area contributed by atoms with Gasteiger partial charge in [0.05, 0.1) is 12.2 Å². The lowest BCUT2D eigenvalue weighted by molar-refractivity contribution is -0.115. The Hall–Kier alpha value is -1.59. The third-order valence-electron chi connectivity index (χ3n) is 3.70. The summed E-state index contributed by atoms with van der Waals surface area (Å²) >= 11 is 3.55. The van der Waals surface area contributed by atoms with Crippen LogP contribution in [-0.4, -0.2) is 30.5 Å². The molecule has 0 saturated carbocycles. The van der Waals surface area contributed by atoms with Crippen LogP contribution in [0.3, 0.4) is 0 Å². The second-order valence-electron chi connectivity index (χ2n) is 5.56. The molecule has 5 heteroatoms. The van der Waals surface area contributed by atoms with Gasteiger partial charge in [-0.05, 0) is 36.6 Å². The van der Waals surface area contributed by atoms with Gasteiger partial charge in [0.15, 0.2) is 0 Å². The fourth-order valence-corrected chi connectivity index (χ4v) is 4.33. The molecule has 0 aliphatic carbocycles. The first-order valence-electron chi connectivity index (χ1n) is 7.60. The molecule has 23 heavy (non-hydrogen) atoms. The van der Waals surface area contributed by atoms with E-state index in [0.29, 0.717) is 11.8 Å². The zero-order valence-electron chi connectivity index (χ0n) is 13.3. The zero-order valence-corrected chi connectivity index (χ0v) is 14.9. The second kappa shape index (κ2) is 7.32. The first-order chi connectivity index (χ1) is 11.2. The van der Waals surface area contributed by atoms with Crippen LogP contribution >= 0.6 is 23.5 Å². The first kappa shape index (κ1) is 16.3. The van der Waals surface area contributed by atoms with Crippen molar-refractivity contribution in [3.63, 3.8) is 0 Å². The van der Waals surface area contributed by atoms with Gasteiger partial charge < -0.3 is 10.2 Å². The summed E-state index contributed by atoms with van der Waals surface area (Å²) in [6.45, 7) is 3.47. The molecule has 2 aromatic rings. The van der Waals surface area contributed by atoms with Crippen molar-refractivity contribution in [2.24, 2.45) is 0 Å². The van der Waals surface area contributed by atoms with Crippen LogP contribution in [0.4, 0.5) is 11.4 Å². The zero-order chi connectivity index (χ0) is 16.2. The van der Waals surface area contributed by atoms with Crippen molar-refractivity contribution in [3.05, 3.63) is 48.5 Å². The summed E-state index contributed by atoms with van der Waals surface area (Å²) < 4.78 is 0. The number of anilines is 2. The van der Waals surface area contributed by atoms with Gasteiger partial charge in [-0.1, -0.05) is 25.1 Å². The van der Waals surface area contributed by atoms with Crippen molar-refractivity contribution in [2.45, 2.75) is 22.0 Å². The van der Waals surface area contributed by atoms with Crippen LogP contribution in [0.5, 0.6) is 0 Å². The van der Waals surface area contributed by atoms with E-state index in [-0.39, 0.29) is 5.91 Å². The molecule has 0 unspecified atom stereocenters.